The monoisotopic (exact) mass is 355 g/mol. The summed E-state index contributed by atoms with van der Waals surface area (Å²) < 4.78 is 5.06. The maximum Gasteiger partial charge on any atom is 0.275 e. The number of hydrazine groups is 1. The summed E-state index contributed by atoms with van der Waals surface area (Å²) in [6.45, 7) is 4.75. The lowest BCUT2D eigenvalue weighted by Crippen LogP contribution is -2.75. The number of nitrogens with zero attached hydrogens (tertiary/aromatic N) is 3. The minimum atomic E-state index is -2.42. The van der Waals surface area contributed by atoms with Gasteiger partial charge in [-0.05, 0) is 20.8 Å². The fourth-order valence-corrected chi connectivity index (χ4v) is 2.72. The molecule has 0 saturated carbocycles. The van der Waals surface area contributed by atoms with Crippen molar-refractivity contribution >= 4 is 11.7 Å². The predicted molar refractivity (Wildman–Crippen MR) is 83.0 cm³/mol. The molecule has 3 heterocycles. The molecule has 0 bridgehead atoms. The lowest BCUT2D eigenvalue weighted by atomic mass is 9.94. The van der Waals surface area contributed by atoms with Crippen molar-refractivity contribution in [3.63, 3.8) is 0 Å². The number of nitrogens with one attached hydrogen (secondary N) is 2. The number of aliphatic hydroxyl groups is 4. The third-order valence-corrected chi connectivity index (χ3v) is 4.45. The van der Waals surface area contributed by atoms with Crippen molar-refractivity contribution in [1.29, 1.82) is 0 Å². The molecule has 11 heteroatoms. The van der Waals surface area contributed by atoms with Gasteiger partial charge in [0.15, 0.2) is 11.5 Å². The quantitative estimate of drug-likeness (QED) is 0.307. The van der Waals surface area contributed by atoms with Crippen molar-refractivity contribution in [2.75, 3.05) is 11.7 Å². The number of amides is 1. The Kier molecular flexibility index (Phi) is 4.39. The second-order valence-electron chi connectivity index (χ2n) is 6.22. The largest absolute Gasteiger partial charge is 0.388 e. The van der Waals surface area contributed by atoms with Crippen molar-refractivity contribution in [1.82, 2.24) is 20.7 Å². The van der Waals surface area contributed by atoms with E-state index in [4.69, 9.17) is 4.74 Å². The zero-order valence-corrected chi connectivity index (χ0v) is 14.0. The Morgan fingerprint density at radius 2 is 1.92 bits per heavy atom. The van der Waals surface area contributed by atoms with Gasteiger partial charge in [-0.25, -0.2) is 9.97 Å². The summed E-state index contributed by atoms with van der Waals surface area (Å²) in [7, 11) is 0. The van der Waals surface area contributed by atoms with Gasteiger partial charge in [-0.15, -0.1) is 0 Å². The molecule has 138 valence electrons. The second-order valence-corrected chi connectivity index (χ2v) is 6.22. The summed E-state index contributed by atoms with van der Waals surface area (Å²) in [5.41, 5.74) is 1.24. The third-order valence-electron chi connectivity index (χ3n) is 4.45. The van der Waals surface area contributed by atoms with Gasteiger partial charge in [-0.2, -0.15) is 5.43 Å². The minimum Gasteiger partial charge on any atom is -0.388 e. The first-order valence-electron chi connectivity index (χ1n) is 7.76. The highest BCUT2D eigenvalue weighted by molar-refractivity contribution is 5.98. The van der Waals surface area contributed by atoms with E-state index >= 15 is 0 Å². The molecule has 11 nitrogen and oxygen atoms in total. The van der Waals surface area contributed by atoms with E-state index in [0.29, 0.717) is 11.4 Å². The molecule has 1 amide bonds. The van der Waals surface area contributed by atoms with E-state index in [1.54, 1.807) is 13.8 Å². The van der Waals surface area contributed by atoms with Gasteiger partial charge in [0.1, 0.15) is 18.9 Å². The van der Waals surface area contributed by atoms with E-state index in [9.17, 15) is 25.2 Å². The minimum absolute atomic E-state index is 0.0278. The Morgan fingerprint density at radius 1 is 1.28 bits per heavy atom. The molecule has 1 unspecified atom stereocenters. The summed E-state index contributed by atoms with van der Waals surface area (Å²) in [5.74, 6) is -0.321. The molecule has 3 rings (SSSR count). The number of carbonyl (C=O) groups excluding carboxylic acids is 1. The van der Waals surface area contributed by atoms with Gasteiger partial charge in [0.05, 0.1) is 17.5 Å². The van der Waals surface area contributed by atoms with Gasteiger partial charge < -0.3 is 30.5 Å². The maximum atomic E-state index is 12.0. The number of rotatable bonds is 2. The van der Waals surface area contributed by atoms with Crippen LogP contribution in [0.15, 0.2) is 0 Å². The first-order chi connectivity index (χ1) is 11.6. The van der Waals surface area contributed by atoms with Gasteiger partial charge in [0.2, 0.25) is 12.0 Å². The van der Waals surface area contributed by atoms with Crippen LogP contribution in [0.5, 0.6) is 0 Å². The topological polar surface area (TPSA) is 160 Å². The Balaban J connectivity index is 1.95. The molecule has 1 aromatic heterocycles. The molecule has 0 spiro atoms. The first kappa shape index (κ1) is 17.9. The summed E-state index contributed by atoms with van der Waals surface area (Å²) >= 11 is 0. The van der Waals surface area contributed by atoms with Crippen LogP contribution in [-0.4, -0.2) is 73.3 Å². The Bertz CT molecular complexity index is 703. The maximum absolute atomic E-state index is 12.0. The molecule has 25 heavy (non-hydrogen) atoms. The fraction of sp³-hybridized carbons (Fsp3) is 0.643. The van der Waals surface area contributed by atoms with Gasteiger partial charge in [-0.1, -0.05) is 0 Å². The van der Waals surface area contributed by atoms with E-state index in [1.807, 2.05) is 0 Å². The van der Waals surface area contributed by atoms with Crippen molar-refractivity contribution in [3.8, 4) is 0 Å². The molecular weight excluding hydrogens is 334 g/mol. The average Bonchev–Trinajstić information content (AvgIpc) is 2.56. The molecule has 5 atom stereocenters. The Morgan fingerprint density at radius 3 is 2.60 bits per heavy atom. The van der Waals surface area contributed by atoms with Crippen LogP contribution in [0.1, 0.15) is 28.8 Å². The number of hydrogen-bond acceptors (Lipinski definition) is 10. The van der Waals surface area contributed by atoms with Gasteiger partial charge in [0.25, 0.3) is 5.91 Å². The highest BCUT2D eigenvalue weighted by atomic mass is 16.6. The van der Waals surface area contributed by atoms with Crippen LogP contribution in [0.3, 0.4) is 0 Å². The van der Waals surface area contributed by atoms with Crippen LogP contribution in [-0.2, 0) is 4.74 Å². The van der Waals surface area contributed by atoms with E-state index in [1.165, 1.54) is 11.9 Å². The summed E-state index contributed by atoms with van der Waals surface area (Å²) in [5, 5.41) is 44.6. The normalized spacial score (nSPS) is 35.3. The number of aryl methyl sites for hydroxylation is 2. The Hall–Kier alpha value is -1.89. The summed E-state index contributed by atoms with van der Waals surface area (Å²) in [4.78, 5) is 20.5. The van der Waals surface area contributed by atoms with Crippen LogP contribution in [0.2, 0.25) is 0 Å². The lowest BCUT2D eigenvalue weighted by Gasteiger charge is -2.48. The smallest absolute Gasteiger partial charge is 0.275 e. The van der Waals surface area contributed by atoms with Crippen LogP contribution in [0.25, 0.3) is 0 Å². The van der Waals surface area contributed by atoms with Gasteiger partial charge in [-0.3, -0.25) is 9.80 Å². The number of carbonyl (C=O) groups is 1. The van der Waals surface area contributed by atoms with Crippen molar-refractivity contribution in [2.24, 2.45) is 0 Å². The Labute approximate surface area is 143 Å². The number of hydrogen-bond donors (Lipinski definition) is 6. The highest BCUT2D eigenvalue weighted by Crippen LogP contribution is 2.29. The number of aromatic nitrogens is 2. The molecule has 0 aliphatic carbocycles. The van der Waals surface area contributed by atoms with Crippen molar-refractivity contribution in [3.05, 3.63) is 17.1 Å². The fourth-order valence-electron chi connectivity index (χ4n) is 2.72. The molecule has 6 N–H and O–H groups in total. The van der Waals surface area contributed by atoms with Crippen LogP contribution >= 0.6 is 0 Å². The number of anilines is 1. The zero-order valence-electron chi connectivity index (χ0n) is 14.0. The average molecular weight is 355 g/mol. The summed E-state index contributed by atoms with van der Waals surface area (Å²) in [6, 6.07) is 0. The highest BCUT2D eigenvalue weighted by Gasteiger charge is 2.55. The van der Waals surface area contributed by atoms with Gasteiger partial charge in [0, 0.05) is 0 Å². The molecular formula is C14H21N5O6. The van der Waals surface area contributed by atoms with Crippen LogP contribution < -0.4 is 15.8 Å². The van der Waals surface area contributed by atoms with E-state index in [-0.39, 0.29) is 18.2 Å². The molecule has 0 radical (unpaired) electrons. The molecule has 1 fully saturated rings. The van der Waals surface area contributed by atoms with Gasteiger partial charge >= 0.3 is 0 Å². The number of fused-ring (bicyclic) bond motifs is 1. The van der Waals surface area contributed by atoms with E-state index in [2.05, 4.69) is 20.7 Å². The van der Waals surface area contributed by atoms with E-state index in [0.717, 1.165) is 0 Å². The zero-order chi connectivity index (χ0) is 18.5. The lowest BCUT2D eigenvalue weighted by molar-refractivity contribution is -0.332. The third kappa shape index (κ3) is 2.84. The molecule has 2 aliphatic rings. The standard InChI is InChI=1S/C14H21N5O6/c1-5-6(2)17-11-8(16-5)12(22)15-4-19(11)18-14(24)10(21)9(20)7(3)25-13(14)23/h7,9-10,13,18,20-21,23-24H,4H2,1-3H3,(H,15,22)/t7-,9-,10+,13?,14+/m1/s1. The molecule has 2 aliphatic heterocycles. The first-order valence-corrected chi connectivity index (χ1v) is 7.76. The molecule has 1 saturated heterocycles. The number of ether oxygens (including phenoxy) is 1. The van der Waals surface area contributed by atoms with Crippen LogP contribution in [0.4, 0.5) is 5.82 Å². The van der Waals surface area contributed by atoms with Crippen molar-refractivity contribution < 1.29 is 30.0 Å². The SMILES string of the molecule is Cc1nc2c(nc1C)N(N[C@@]1(O)C(O)O[C@H](C)[C@@H](O)[C@@H]1O)CNC2=O. The molecule has 1 aromatic rings. The van der Waals surface area contributed by atoms with Crippen molar-refractivity contribution in [2.45, 2.75) is 51.1 Å². The number of aliphatic hydroxyl groups excluding tert-OH is 3. The molecule has 0 aromatic carbocycles. The second kappa shape index (κ2) is 6.12. The van der Waals surface area contributed by atoms with E-state index < -0.39 is 36.2 Å². The van der Waals surface area contributed by atoms with Crippen LogP contribution in [0, 0.1) is 13.8 Å². The predicted octanol–water partition coefficient (Wildman–Crippen LogP) is -2.75. The summed E-state index contributed by atoms with van der Waals surface area (Å²) in [6.07, 6.45) is -5.91.